The lowest BCUT2D eigenvalue weighted by molar-refractivity contribution is -0.153. The van der Waals surface area contributed by atoms with E-state index in [0.29, 0.717) is 25.2 Å². The highest BCUT2D eigenvalue weighted by Gasteiger charge is 2.41. The van der Waals surface area contributed by atoms with Crippen molar-refractivity contribution in [1.82, 2.24) is 5.32 Å². The second-order valence-corrected chi connectivity index (χ2v) is 6.28. The maximum atomic E-state index is 11.8. The molecule has 1 aliphatic carbocycles. The third-order valence-corrected chi connectivity index (χ3v) is 3.83. The Morgan fingerprint density at radius 1 is 1.32 bits per heavy atom. The lowest BCUT2D eigenvalue weighted by Gasteiger charge is -2.33. The van der Waals surface area contributed by atoms with E-state index in [0.717, 1.165) is 6.42 Å². The molecule has 3 atom stereocenters. The first-order valence-corrected chi connectivity index (χ1v) is 6.96. The molecular weight excluding hydrogens is 246 g/mol. The summed E-state index contributed by atoms with van der Waals surface area (Å²) in [4.78, 5) is 22.7. The molecule has 3 unspecified atom stereocenters. The van der Waals surface area contributed by atoms with E-state index in [1.807, 2.05) is 0 Å². The Kier molecular flexibility index (Phi) is 5.35. The number of carboxylic acid groups (broad SMARTS) is 1. The summed E-state index contributed by atoms with van der Waals surface area (Å²) >= 11 is 0. The van der Waals surface area contributed by atoms with Gasteiger partial charge in [0.05, 0.1) is 17.4 Å². The summed E-state index contributed by atoms with van der Waals surface area (Å²) in [6.45, 7) is 6.05. The highest BCUT2D eigenvalue weighted by Crippen LogP contribution is 2.34. The van der Waals surface area contributed by atoms with Crippen LogP contribution in [0.1, 0.15) is 46.5 Å². The molecule has 0 radical (unpaired) electrons. The smallest absolute Gasteiger partial charge is 0.307 e. The maximum Gasteiger partial charge on any atom is 0.307 e. The quantitative estimate of drug-likeness (QED) is 0.653. The summed E-state index contributed by atoms with van der Waals surface area (Å²) in [5.74, 6) is -1.63. The third kappa shape index (κ3) is 4.82. The second kappa shape index (κ2) is 6.37. The van der Waals surface area contributed by atoms with Gasteiger partial charge in [-0.1, -0.05) is 13.8 Å². The zero-order valence-corrected chi connectivity index (χ0v) is 12.0. The van der Waals surface area contributed by atoms with Crippen molar-refractivity contribution in [1.29, 1.82) is 0 Å². The normalized spacial score (nSPS) is 25.5. The number of hydrogen-bond acceptors (Lipinski definition) is 3. The molecule has 1 aliphatic rings. The van der Waals surface area contributed by atoms with E-state index in [2.05, 4.69) is 19.2 Å². The minimum absolute atomic E-state index is 0.182. The number of rotatable bonds is 7. The number of carbonyl (C=O) groups is 2. The average Bonchev–Trinajstić information content (AvgIpc) is 2.22. The first-order valence-electron chi connectivity index (χ1n) is 6.96. The van der Waals surface area contributed by atoms with Gasteiger partial charge in [-0.15, -0.1) is 0 Å². The van der Waals surface area contributed by atoms with Crippen LogP contribution >= 0.6 is 0 Å². The number of hydrogen-bond donors (Lipinski definition) is 3. The van der Waals surface area contributed by atoms with Crippen LogP contribution in [-0.4, -0.2) is 34.2 Å². The SMILES string of the molecule is CC(C)CCC(C)(O)CNC(=O)C1CCC1C(=O)O. The summed E-state index contributed by atoms with van der Waals surface area (Å²) in [5, 5.41) is 21.7. The molecule has 0 saturated heterocycles. The van der Waals surface area contributed by atoms with Gasteiger partial charge in [0.15, 0.2) is 0 Å². The predicted molar refractivity (Wildman–Crippen MR) is 71.6 cm³/mol. The Morgan fingerprint density at radius 2 is 1.89 bits per heavy atom. The lowest BCUT2D eigenvalue weighted by Crippen LogP contribution is -2.48. The van der Waals surface area contributed by atoms with Crippen LogP contribution in [0.3, 0.4) is 0 Å². The molecule has 3 N–H and O–H groups in total. The Hall–Kier alpha value is -1.10. The van der Waals surface area contributed by atoms with Crippen LogP contribution in [0.2, 0.25) is 0 Å². The molecule has 0 bridgehead atoms. The lowest BCUT2D eigenvalue weighted by atomic mass is 9.73. The van der Waals surface area contributed by atoms with Crippen molar-refractivity contribution < 1.29 is 19.8 Å². The molecule has 0 aromatic heterocycles. The topological polar surface area (TPSA) is 86.6 Å². The summed E-state index contributed by atoms with van der Waals surface area (Å²) < 4.78 is 0. The molecule has 0 heterocycles. The van der Waals surface area contributed by atoms with E-state index in [4.69, 9.17) is 5.11 Å². The van der Waals surface area contributed by atoms with Crippen molar-refractivity contribution in [2.75, 3.05) is 6.54 Å². The van der Waals surface area contributed by atoms with Gasteiger partial charge in [-0.25, -0.2) is 0 Å². The fourth-order valence-electron chi connectivity index (χ4n) is 2.21. The average molecular weight is 271 g/mol. The number of carbonyl (C=O) groups excluding carboxylic acids is 1. The number of aliphatic hydroxyl groups is 1. The Bertz CT molecular complexity index is 338. The van der Waals surface area contributed by atoms with Gasteiger partial charge < -0.3 is 15.5 Å². The first kappa shape index (κ1) is 16.0. The van der Waals surface area contributed by atoms with Crippen LogP contribution in [0.5, 0.6) is 0 Å². The summed E-state index contributed by atoms with van der Waals surface area (Å²) in [5.41, 5.74) is -0.928. The Morgan fingerprint density at radius 3 is 2.32 bits per heavy atom. The van der Waals surface area contributed by atoms with Gasteiger partial charge in [0.25, 0.3) is 0 Å². The monoisotopic (exact) mass is 271 g/mol. The minimum Gasteiger partial charge on any atom is -0.481 e. The molecule has 19 heavy (non-hydrogen) atoms. The molecule has 0 aromatic carbocycles. The van der Waals surface area contributed by atoms with Gasteiger partial charge in [-0.05, 0) is 38.5 Å². The van der Waals surface area contributed by atoms with E-state index in [-0.39, 0.29) is 12.5 Å². The summed E-state index contributed by atoms with van der Waals surface area (Å²) in [6.07, 6.45) is 2.70. The van der Waals surface area contributed by atoms with Gasteiger partial charge in [0.2, 0.25) is 5.91 Å². The maximum absolute atomic E-state index is 11.8. The zero-order chi connectivity index (χ0) is 14.6. The molecule has 5 heteroatoms. The number of nitrogens with one attached hydrogen (secondary N) is 1. The van der Waals surface area contributed by atoms with Crippen molar-refractivity contribution in [2.45, 2.75) is 52.1 Å². The van der Waals surface area contributed by atoms with Gasteiger partial charge in [0, 0.05) is 6.54 Å². The van der Waals surface area contributed by atoms with Crippen LogP contribution in [-0.2, 0) is 9.59 Å². The predicted octanol–water partition coefficient (Wildman–Crippen LogP) is 1.40. The molecule has 1 amide bonds. The van der Waals surface area contributed by atoms with Crippen LogP contribution in [0, 0.1) is 17.8 Å². The number of aliphatic carboxylic acids is 1. The van der Waals surface area contributed by atoms with Crippen LogP contribution in [0.25, 0.3) is 0 Å². The van der Waals surface area contributed by atoms with E-state index < -0.39 is 23.4 Å². The fourth-order valence-corrected chi connectivity index (χ4v) is 2.21. The van der Waals surface area contributed by atoms with Gasteiger partial charge in [-0.2, -0.15) is 0 Å². The summed E-state index contributed by atoms with van der Waals surface area (Å²) in [6, 6.07) is 0. The molecule has 0 aromatic rings. The van der Waals surface area contributed by atoms with Crippen molar-refractivity contribution in [3.63, 3.8) is 0 Å². The highest BCUT2D eigenvalue weighted by molar-refractivity contribution is 5.86. The van der Waals surface area contributed by atoms with E-state index >= 15 is 0 Å². The largest absolute Gasteiger partial charge is 0.481 e. The first-order chi connectivity index (χ1) is 8.73. The molecule has 1 rings (SSSR count). The van der Waals surface area contributed by atoms with Crippen LogP contribution in [0.4, 0.5) is 0 Å². The fraction of sp³-hybridized carbons (Fsp3) is 0.857. The molecule has 1 saturated carbocycles. The third-order valence-electron chi connectivity index (χ3n) is 3.83. The number of amides is 1. The molecule has 0 spiro atoms. The van der Waals surface area contributed by atoms with Crippen molar-refractivity contribution in [3.8, 4) is 0 Å². The molecule has 5 nitrogen and oxygen atoms in total. The Balaban J connectivity index is 2.35. The van der Waals surface area contributed by atoms with Crippen molar-refractivity contribution >= 4 is 11.9 Å². The van der Waals surface area contributed by atoms with Crippen molar-refractivity contribution in [3.05, 3.63) is 0 Å². The standard InChI is InChI=1S/C14H25NO4/c1-9(2)6-7-14(3,19)8-15-12(16)10-4-5-11(10)13(17)18/h9-11,19H,4-8H2,1-3H3,(H,15,16)(H,17,18). The molecule has 1 fully saturated rings. The van der Waals surface area contributed by atoms with Crippen LogP contribution < -0.4 is 5.32 Å². The van der Waals surface area contributed by atoms with E-state index in [9.17, 15) is 14.7 Å². The zero-order valence-electron chi connectivity index (χ0n) is 12.0. The van der Waals surface area contributed by atoms with Crippen molar-refractivity contribution in [2.24, 2.45) is 17.8 Å². The van der Waals surface area contributed by atoms with Crippen LogP contribution in [0.15, 0.2) is 0 Å². The summed E-state index contributed by atoms with van der Waals surface area (Å²) in [7, 11) is 0. The van der Waals surface area contributed by atoms with Gasteiger partial charge >= 0.3 is 5.97 Å². The number of carboxylic acids is 1. The van der Waals surface area contributed by atoms with Gasteiger partial charge in [-0.3, -0.25) is 9.59 Å². The molecule has 110 valence electrons. The minimum atomic E-state index is -0.928. The highest BCUT2D eigenvalue weighted by atomic mass is 16.4. The molecular formula is C14H25NO4. The Labute approximate surface area is 114 Å². The second-order valence-electron chi connectivity index (χ2n) is 6.28. The van der Waals surface area contributed by atoms with E-state index in [1.165, 1.54) is 0 Å². The van der Waals surface area contributed by atoms with Gasteiger partial charge in [0.1, 0.15) is 0 Å². The van der Waals surface area contributed by atoms with E-state index in [1.54, 1.807) is 6.92 Å². The molecule has 0 aliphatic heterocycles.